The number of cyclic esters (lactones) is 1. The van der Waals surface area contributed by atoms with Crippen LogP contribution in [0.25, 0.3) is 0 Å². The fourth-order valence-corrected chi connectivity index (χ4v) is 7.95. The van der Waals surface area contributed by atoms with Gasteiger partial charge < -0.3 is 24.9 Å². The molecule has 4 fully saturated rings. The van der Waals surface area contributed by atoms with Crippen molar-refractivity contribution in [1.29, 1.82) is 0 Å². The van der Waals surface area contributed by atoms with Crippen molar-refractivity contribution in [3.63, 3.8) is 0 Å². The zero-order valence-electron chi connectivity index (χ0n) is 17.1. The van der Waals surface area contributed by atoms with Crippen LogP contribution in [0.5, 0.6) is 0 Å². The lowest BCUT2D eigenvalue weighted by Crippen LogP contribution is -2.66. The Morgan fingerprint density at radius 1 is 1.07 bits per heavy atom. The topological polar surface area (TPSA) is 104 Å². The molecule has 0 saturated heterocycles. The van der Waals surface area contributed by atoms with Crippen LogP contribution in [0.3, 0.4) is 0 Å². The zero-order chi connectivity index (χ0) is 20.7. The second-order valence-electron chi connectivity index (χ2n) is 10.9. The van der Waals surface area contributed by atoms with Crippen molar-refractivity contribution in [1.82, 2.24) is 0 Å². The van der Waals surface area contributed by atoms with E-state index in [1.54, 1.807) is 6.08 Å². The number of ether oxygens (including phenoxy) is 1. The number of rotatable bonds is 2. The van der Waals surface area contributed by atoms with Crippen LogP contribution in [0, 0.1) is 28.6 Å². The van der Waals surface area contributed by atoms with Gasteiger partial charge in [0.15, 0.2) is 0 Å². The Morgan fingerprint density at radius 3 is 2.55 bits per heavy atom. The first kappa shape index (κ1) is 19.7. The molecule has 3 N–H and O–H groups in total. The lowest BCUT2D eigenvalue weighted by Gasteiger charge is -2.63. The number of hydrogen-bond donors (Lipinski definition) is 3. The molecule has 5 rings (SSSR count). The number of fused-ring (bicyclic) bond motifs is 4. The largest absolute Gasteiger partial charge is 0.458 e. The summed E-state index contributed by atoms with van der Waals surface area (Å²) in [5.74, 6) is 0.0379. The highest BCUT2D eigenvalue weighted by molar-refractivity contribution is 5.85. The predicted molar refractivity (Wildman–Crippen MR) is 104 cm³/mol. The second kappa shape index (κ2) is 6.14. The minimum Gasteiger partial charge on any atom is -0.458 e. The maximum Gasteiger partial charge on any atom is 0.331 e. The van der Waals surface area contributed by atoms with E-state index in [1.807, 2.05) is 0 Å². The molecule has 0 aromatic heterocycles. The van der Waals surface area contributed by atoms with Gasteiger partial charge in [0.1, 0.15) is 12.9 Å². The summed E-state index contributed by atoms with van der Waals surface area (Å²) in [6.45, 7) is 2.43. The van der Waals surface area contributed by atoms with Crippen molar-refractivity contribution in [3.05, 3.63) is 11.6 Å². The molecule has 4 aliphatic carbocycles. The Balaban J connectivity index is 1.48. The molecular formula is C23H32O6. The highest BCUT2D eigenvalue weighted by Crippen LogP contribution is 2.68. The van der Waals surface area contributed by atoms with Crippen LogP contribution in [0.2, 0.25) is 0 Å². The molecule has 0 aromatic rings. The van der Waals surface area contributed by atoms with E-state index < -0.39 is 22.7 Å². The molecule has 0 aromatic carbocycles. The minimum absolute atomic E-state index is 0.0192. The van der Waals surface area contributed by atoms with Crippen molar-refractivity contribution < 1.29 is 29.6 Å². The van der Waals surface area contributed by atoms with Gasteiger partial charge in [0.25, 0.3) is 0 Å². The van der Waals surface area contributed by atoms with Gasteiger partial charge in [-0.3, -0.25) is 0 Å². The molecule has 0 radical (unpaired) electrons. The molecule has 160 valence electrons. The minimum atomic E-state index is -1.15. The normalized spacial score (nSPS) is 54.1. The van der Waals surface area contributed by atoms with E-state index in [0.29, 0.717) is 45.1 Å². The van der Waals surface area contributed by atoms with E-state index in [-0.39, 0.29) is 35.6 Å². The zero-order valence-corrected chi connectivity index (χ0v) is 17.1. The maximum atomic E-state index is 12.5. The van der Waals surface area contributed by atoms with Crippen LogP contribution < -0.4 is 0 Å². The molecule has 1 heterocycles. The third-order valence-electron chi connectivity index (χ3n) is 9.58. The molecule has 0 amide bonds. The smallest absolute Gasteiger partial charge is 0.331 e. The number of hydrogen-bond acceptors (Lipinski definition) is 6. The van der Waals surface area contributed by atoms with Crippen molar-refractivity contribution in [2.45, 2.75) is 82.0 Å². The Labute approximate surface area is 171 Å². The van der Waals surface area contributed by atoms with Crippen LogP contribution >= 0.6 is 0 Å². The molecule has 29 heavy (non-hydrogen) atoms. The van der Waals surface area contributed by atoms with Crippen LogP contribution in [0.4, 0.5) is 0 Å². The molecule has 4 saturated carbocycles. The predicted octanol–water partition coefficient (Wildman–Crippen LogP) is 1.90. The summed E-state index contributed by atoms with van der Waals surface area (Å²) in [4.78, 5) is 24.0. The highest BCUT2D eigenvalue weighted by Gasteiger charge is 2.68. The monoisotopic (exact) mass is 404 g/mol. The Kier molecular flexibility index (Phi) is 4.18. The van der Waals surface area contributed by atoms with Crippen LogP contribution in [0.15, 0.2) is 11.6 Å². The summed E-state index contributed by atoms with van der Waals surface area (Å²) < 4.78 is 5.10. The quantitative estimate of drug-likeness (QED) is 0.480. The Hall–Kier alpha value is -1.24. The lowest BCUT2D eigenvalue weighted by atomic mass is 9.43. The molecule has 0 unspecified atom stereocenters. The molecule has 8 atom stereocenters. The third-order valence-corrected chi connectivity index (χ3v) is 9.58. The number of aldehydes is 1. The van der Waals surface area contributed by atoms with Gasteiger partial charge in [0.2, 0.25) is 0 Å². The average molecular weight is 405 g/mol. The van der Waals surface area contributed by atoms with E-state index in [0.717, 1.165) is 24.7 Å². The van der Waals surface area contributed by atoms with Gasteiger partial charge >= 0.3 is 5.97 Å². The molecule has 0 spiro atoms. The first-order chi connectivity index (χ1) is 13.6. The highest BCUT2D eigenvalue weighted by atomic mass is 16.5. The first-order valence-corrected chi connectivity index (χ1v) is 11.1. The molecule has 5 aliphatic rings. The van der Waals surface area contributed by atoms with Crippen molar-refractivity contribution >= 4 is 12.3 Å². The van der Waals surface area contributed by atoms with Gasteiger partial charge in [-0.05, 0) is 80.1 Å². The van der Waals surface area contributed by atoms with Crippen LogP contribution in [0.1, 0.15) is 64.7 Å². The van der Waals surface area contributed by atoms with Crippen molar-refractivity contribution in [2.75, 3.05) is 6.61 Å². The van der Waals surface area contributed by atoms with Gasteiger partial charge in [-0.15, -0.1) is 0 Å². The summed E-state index contributed by atoms with van der Waals surface area (Å²) in [6.07, 6.45) is 7.36. The summed E-state index contributed by atoms with van der Waals surface area (Å²) >= 11 is 0. The number of aliphatic hydroxyl groups is 3. The number of carbonyl (C=O) groups excluding carboxylic acids is 2. The van der Waals surface area contributed by atoms with Crippen molar-refractivity contribution in [2.24, 2.45) is 28.6 Å². The molecule has 6 nitrogen and oxygen atoms in total. The number of carbonyl (C=O) groups is 2. The molecule has 6 heteroatoms. The second-order valence-corrected chi connectivity index (χ2v) is 10.9. The lowest BCUT2D eigenvalue weighted by molar-refractivity contribution is -0.229. The van der Waals surface area contributed by atoms with Gasteiger partial charge in [0.05, 0.1) is 22.7 Å². The molecule has 1 aliphatic heterocycles. The molecular weight excluding hydrogens is 372 g/mol. The van der Waals surface area contributed by atoms with Gasteiger partial charge in [0, 0.05) is 12.5 Å². The summed E-state index contributed by atoms with van der Waals surface area (Å²) in [5, 5.41) is 33.4. The SMILES string of the molecule is C[C@]12C[C@H](C3=CC(=O)OC3)C[C@]1(O)C[C@@H]1CC[C@@]3(O)C[C@H](O)CC[C@@]3(C=O)[C@H]1C2. The van der Waals surface area contributed by atoms with Gasteiger partial charge in [-0.2, -0.15) is 0 Å². The summed E-state index contributed by atoms with van der Waals surface area (Å²) in [6, 6.07) is 0. The number of esters is 1. The third kappa shape index (κ3) is 2.58. The standard InChI is InChI=1S/C23H32O6/c1-20-7-16(15-6-19(26)29-12-15)9-23(20,28)8-14-2-5-22(27)10-17(25)3-4-21(22,13-24)18(14)11-20/h6,13-14,16-18,25,27-28H,2-5,7-12H2,1H3/t14-,16-,17+,18-,20+,21+,22+,23+/m0/s1. The van der Waals surface area contributed by atoms with E-state index in [2.05, 4.69) is 6.92 Å². The van der Waals surface area contributed by atoms with E-state index in [1.165, 1.54) is 0 Å². The van der Waals surface area contributed by atoms with Crippen molar-refractivity contribution in [3.8, 4) is 0 Å². The average Bonchev–Trinajstić information content (AvgIpc) is 3.20. The summed E-state index contributed by atoms with van der Waals surface area (Å²) in [5.41, 5.74) is -2.19. The van der Waals surface area contributed by atoms with Crippen LogP contribution in [-0.2, 0) is 14.3 Å². The summed E-state index contributed by atoms with van der Waals surface area (Å²) in [7, 11) is 0. The Bertz CT molecular complexity index is 777. The fourth-order valence-electron chi connectivity index (χ4n) is 7.95. The van der Waals surface area contributed by atoms with E-state index in [4.69, 9.17) is 4.74 Å². The van der Waals surface area contributed by atoms with Gasteiger partial charge in [-0.1, -0.05) is 6.92 Å². The van der Waals surface area contributed by atoms with E-state index in [9.17, 15) is 24.9 Å². The maximum absolute atomic E-state index is 12.5. The Morgan fingerprint density at radius 2 is 1.86 bits per heavy atom. The van der Waals surface area contributed by atoms with Crippen LogP contribution in [-0.4, -0.2) is 51.5 Å². The van der Waals surface area contributed by atoms with E-state index >= 15 is 0 Å². The number of aliphatic hydroxyl groups excluding tert-OH is 1. The fraction of sp³-hybridized carbons (Fsp3) is 0.826. The first-order valence-electron chi connectivity index (χ1n) is 11.1. The van der Waals surface area contributed by atoms with Gasteiger partial charge in [-0.25, -0.2) is 4.79 Å². The molecule has 0 bridgehead atoms.